The van der Waals surface area contributed by atoms with E-state index in [1.165, 1.54) is 0 Å². The lowest BCUT2D eigenvalue weighted by Crippen LogP contribution is -2.42. The largest absolute Gasteiger partial charge is 0.330 e. The van der Waals surface area contributed by atoms with Crippen molar-refractivity contribution in [1.29, 1.82) is 0 Å². The zero-order chi connectivity index (χ0) is 14.8. The first-order valence-electron chi connectivity index (χ1n) is 7.26. The Bertz CT molecular complexity index is 488. The minimum absolute atomic E-state index is 0.0561. The lowest BCUT2D eigenvalue weighted by Gasteiger charge is -2.26. The molecule has 1 saturated heterocycles. The van der Waals surface area contributed by atoms with E-state index in [1.54, 1.807) is 0 Å². The minimum Gasteiger partial charge on any atom is -0.330 e. The Kier molecular flexibility index (Phi) is 4.45. The number of amides is 1. The number of nitrogens with zero attached hydrogens (tertiary/aromatic N) is 1. The highest BCUT2D eigenvalue weighted by atomic mass is 16.2. The van der Waals surface area contributed by atoms with Crippen LogP contribution in [0.2, 0.25) is 0 Å². The summed E-state index contributed by atoms with van der Waals surface area (Å²) in [4.78, 5) is 14.6. The number of hydrogen-bond acceptors (Lipinski definition) is 3. The molecule has 4 nitrogen and oxygen atoms in total. The second kappa shape index (κ2) is 5.94. The summed E-state index contributed by atoms with van der Waals surface area (Å²) in [5.41, 5.74) is 7.95. The van der Waals surface area contributed by atoms with Crippen LogP contribution in [0.5, 0.6) is 0 Å². The summed E-state index contributed by atoms with van der Waals surface area (Å²) in [7, 11) is 0. The van der Waals surface area contributed by atoms with Crippen LogP contribution in [0.3, 0.4) is 0 Å². The predicted octanol–water partition coefficient (Wildman–Crippen LogP) is 1.99. The highest BCUT2D eigenvalue weighted by Gasteiger charge is 2.36. The van der Waals surface area contributed by atoms with E-state index in [0.717, 1.165) is 30.8 Å². The highest BCUT2D eigenvalue weighted by molar-refractivity contribution is 5.95. The van der Waals surface area contributed by atoms with Gasteiger partial charge >= 0.3 is 0 Å². The van der Waals surface area contributed by atoms with E-state index < -0.39 is 0 Å². The Morgan fingerprint density at radius 1 is 1.50 bits per heavy atom. The third-order valence-corrected chi connectivity index (χ3v) is 4.41. The van der Waals surface area contributed by atoms with Crippen LogP contribution in [0, 0.1) is 12.3 Å². The maximum atomic E-state index is 12.4. The molecule has 110 valence electrons. The summed E-state index contributed by atoms with van der Waals surface area (Å²) in [6.07, 6.45) is 1.06. The Balaban J connectivity index is 1.98. The molecule has 1 heterocycles. The van der Waals surface area contributed by atoms with Crippen molar-refractivity contribution in [2.75, 3.05) is 25.0 Å². The average Bonchev–Trinajstić information content (AvgIpc) is 2.84. The maximum absolute atomic E-state index is 12.4. The normalized spacial score (nSPS) is 24.6. The van der Waals surface area contributed by atoms with Gasteiger partial charge in [-0.1, -0.05) is 25.1 Å². The topological polar surface area (TPSA) is 58.4 Å². The Hall–Kier alpha value is -1.39. The number of anilines is 1. The van der Waals surface area contributed by atoms with Crippen LogP contribution in [-0.2, 0) is 4.79 Å². The van der Waals surface area contributed by atoms with Gasteiger partial charge in [0.25, 0.3) is 0 Å². The van der Waals surface area contributed by atoms with Gasteiger partial charge in [0, 0.05) is 12.2 Å². The van der Waals surface area contributed by atoms with Crippen LogP contribution in [0.15, 0.2) is 24.3 Å². The van der Waals surface area contributed by atoms with Crippen molar-refractivity contribution in [2.24, 2.45) is 11.1 Å². The molecule has 4 heteroatoms. The van der Waals surface area contributed by atoms with Crippen LogP contribution in [0.25, 0.3) is 0 Å². The standard InChI is InChI=1S/C16H25N3O/c1-12-6-4-5-7-14(12)18-15(20)13(2)19-9-8-16(3,10-17)11-19/h4-7,13H,8-11,17H2,1-3H3,(H,18,20). The Labute approximate surface area is 121 Å². The van der Waals surface area contributed by atoms with Gasteiger partial charge in [-0.15, -0.1) is 0 Å². The second-order valence-electron chi connectivity index (χ2n) is 6.22. The van der Waals surface area contributed by atoms with E-state index in [-0.39, 0.29) is 17.4 Å². The molecule has 0 bridgehead atoms. The zero-order valence-electron chi connectivity index (χ0n) is 12.6. The van der Waals surface area contributed by atoms with Gasteiger partial charge in [0.15, 0.2) is 0 Å². The van der Waals surface area contributed by atoms with Crippen LogP contribution < -0.4 is 11.1 Å². The van der Waals surface area contributed by atoms with Crippen molar-refractivity contribution in [1.82, 2.24) is 4.90 Å². The molecule has 20 heavy (non-hydrogen) atoms. The number of nitrogens with one attached hydrogen (secondary N) is 1. The Morgan fingerprint density at radius 3 is 2.80 bits per heavy atom. The van der Waals surface area contributed by atoms with Gasteiger partial charge in [-0.2, -0.15) is 0 Å². The molecule has 0 aromatic heterocycles. The Morgan fingerprint density at radius 2 is 2.20 bits per heavy atom. The second-order valence-corrected chi connectivity index (χ2v) is 6.22. The molecule has 1 aromatic carbocycles. The molecule has 0 spiro atoms. The molecule has 2 rings (SSSR count). The van der Waals surface area contributed by atoms with Crippen molar-refractivity contribution in [3.63, 3.8) is 0 Å². The molecular weight excluding hydrogens is 250 g/mol. The lowest BCUT2D eigenvalue weighted by molar-refractivity contribution is -0.120. The molecular formula is C16H25N3O. The number of carbonyl (C=O) groups is 1. The van der Waals surface area contributed by atoms with Crippen LogP contribution >= 0.6 is 0 Å². The quantitative estimate of drug-likeness (QED) is 0.883. The third-order valence-electron chi connectivity index (χ3n) is 4.41. The lowest BCUT2D eigenvalue weighted by atomic mass is 9.90. The molecule has 0 saturated carbocycles. The molecule has 1 aromatic rings. The summed E-state index contributed by atoms with van der Waals surface area (Å²) in [5.74, 6) is 0.0561. The molecule has 2 atom stereocenters. The summed E-state index contributed by atoms with van der Waals surface area (Å²) >= 11 is 0. The van der Waals surface area contributed by atoms with Crippen molar-refractivity contribution in [3.05, 3.63) is 29.8 Å². The summed E-state index contributed by atoms with van der Waals surface area (Å²) in [6, 6.07) is 7.73. The average molecular weight is 275 g/mol. The number of carbonyl (C=O) groups excluding carboxylic acids is 1. The molecule has 1 fully saturated rings. The van der Waals surface area contributed by atoms with E-state index in [9.17, 15) is 4.79 Å². The SMILES string of the molecule is Cc1ccccc1NC(=O)C(C)N1CCC(C)(CN)C1. The van der Waals surface area contributed by atoms with E-state index >= 15 is 0 Å². The van der Waals surface area contributed by atoms with Gasteiger partial charge in [-0.05, 0) is 50.4 Å². The third kappa shape index (κ3) is 3.19. The van der Waals surface area contributed by atoms with Crippen molar-refractivity contribution < 1.29 is 4.79 Å². The zero-order valence-corrected chi connectivity index (χ0v) is 12.6. The number of aryl methyl sites for hydroxylation is 1. The molecule has 0 aliphatic carbocycles. The number of nitrogens with two attached hydrogens (primary N) is 1. The first kappa shape index (κ1) is 15.0. The summed E-state index contributed by atoms with van der Waals surface area (Å²) < 4.78 is 0. The first-order chi connectivity index (χ1) is 9.45. The summed E-state index contributed by atoms with van der Waals surface area (Å²) in [5, 5.41) is 3.02. The summed E-state index contributed by atoms with van der Waals surface area (Å²) in [6.45, 7) is 8.67. The van der Waals surface area contributed by atoms with Gasteiger partial charge in [0.1, 0.15) is 0 Å². The fraction of sp³-hybridized carbons (Fsp3) is 0.562. The number of rotatable bonds is 4. The fourth-order valence-electron chi connectivity index (χ4n) is 2.68. The van der Waals surface area contributed by atoms with Crippen LogP contribution in [0.4, 0.5) is 5.69 Å². The minimum atomic E-state index is -0.122. The van der Waals surface area contributed by atoms with Crippen molar-refractivity contribution in [3.8, 4) is 0 Å². The monoisotopic (exact) mass is 275 g/mol. The molecule has 3 N–H and O–H groups in total. The van der Waals surface area contributed by atoms with E-state index in [2.05, 4.69) is 17.1 Å². The van der Waals surface area contributed by atoms with E-state index in [4.69, 9.17) is 5.73 Å². The molecule has 1 aliphatic heterocycles. The smallest absolute Gasteiger partial charge is 0.241 e. The predicted molar refractivity (Wildman–Crippen MR) is 82.6 cm³/mol. The van der Waals surface area contributed by atoms with Gasteiger partial charge in [0.05, 0.1) is 6.04 Å². The molecule has 1 amide bonds. The first-order valence-corrected chi connectivity index (χ1v) is 7.26. The molecule has 1 aliphatic rings. The highest BCUT2D eigenvalue weighted by Crippen LogP contribution is 2.30. The van der Waals surface area contributed by atoms with E-state index in [0.29, 0.717) is 6.54 Å². The van der Waals surface area contributed by atoms with E-state index in [1.807, 2.05) is 38.1 Å². The van der Waals surface area contributed by atoms with Gasteiger partial charge in [0.2, 0.25) is 5.91 Å². The van der Waals surface area contributed by atoms with Gasteiger partial charge < -0.3 is 11.1 Å². The van der Waals surface area contributed by atoms with Crippen LogP contribution in [0.1, 0.15) is 25.8 Å². The van der Waals surface area contributed by atoms with Crippen LogP contribution in [-0.4, -0.2) is 36.5 Å². The number of hydrogen-bond donors (Lipinski definition) is 2. The number of para-hydroxylation sites is 1. The van der Waals surface area contributed by atoms with Crippen molar-refractivity contribution >= 4 is 11.6 Å². The maximum Gasteiger partial charge on any atom is 0.241 e. The molecule has 0 radical (unpaired) electrons. The van der Waals surface area contributed by atoms with Gasteiger partial charge in [-0.25, -0.2) is 0 Å². The number of likely N-dealkylation sites (tertiary alicyclic amines) is 1. The molecule has 2 unspecified atom stereocenters. The fourth-order valence-corrected chi connectivity index (χ4v) is 2.68. The van der Waals surface area contributed by atoms with Gasteiger partial charge in [-0.3, -0.25) is 9.69 Å². The number of benzene rings is 1. The van der Waals surface area contributed by atoms with Crippen molar-refractivity contribution in [2.45, 2.75) is 33.2 Å².